The van der Waals surface area contributed by atoms with Crippen LogP contribution in [0.2, 0.25) is 5.02 Å². The minimum atomic E-state index is -0.338. The second-order valence-corrected chi connectivity index (χ2v) is 3.63. The van der Waals surface area contributed by atoms with Crippen molar-refractivity contribution in [3.63, 3.8) is 0 Å². The number of amides is 3. The summed E-state index contributed by atoms with van der Waals surface area (Å²) in [6.07, 6.45) is 0. The molecule has 1 heterocycles. The molecule has 0 atom stereocenters. The van der Waals surface area contributed by atoms with Crippen molar-refractivity contribution in [3.05, 3.63) is 34.9 Å². The van der Waals surface area contributed by atoms with Gasteiger partial charge in [0.25, 0.3) is 5.91 Å². The second-order valence-electron chi connectivity index (χ2n) is 3.20. The van der Waals surface area contributed by atoms with Gasteiger partial charge in [-0.3, -0.25) is 9.69 Å². The van der Waals surface area contributed by atoms with Crippen molar-refractivity contribution in [2.45, 2.75) is 0 Å². The molecule has 1 aliphatic heterocycles. The Hall–Kier alpha value is -1.55. The normalized spacial score (nSPS) is 15.3. The summed E-state index contributed by atoms with van der Waals surface area (Å²) in [4.78, 5) is 24.2. The number of carbonyl (C=O) groups is 2. The molecule has 4 nitrogen and oxygen atoms in total. The third kappa shape index (κ3) is 1.94. The van der Waals surface area contributed by atoms with Crippen LogP contribution in [-0.4, -0.2) is 29.9 Å². The van der Waals surface area contributed by atoms with Crippen LogP contribution in [0.4, 0.5) is 4.79 Å². The van der Waals surface area contributed by atoms with Crippen LogP contribution in [0.15, 0.2) is 24.3 Å². The minimum Gasteiger partial charge on any atom is -0.336 e. The number of carbonyl (C=O) groups excluding carboxylic acids is 2. The number of benzene rings is 1. The van der Waals surface area contributed by atoms with E-state index in [1.807, 2.05) is 0 Å². The van der Waals surface area contributed by atoms with Crippen LogP contribution < -0.4 is 5.32 Å². The molecule has 2 rings (SSSR count). The molecule has 0 spiro atoms. The molecule has 1 fully saturated rings. The molecule has 0 aliphatic carbocycles. The van der Waals surface area contributed by atoms with Crippen molar-refractivity contribution >= 4 is 23.5 Å². The van der Waals surface area contributed by atoms with Crippen molar-refractivity contribution < 1.29 is 9.59 Å². The summed E-state index contributed by atoms with van der Waals surface area (Å²) in [5, 5.41) is 3.14. The van der Waals surface area contributed by atoms with Crippen molar-refractivity contribution in [2.24, 2.45) is 0 Å². The molecule has 1 aromatic rings. The first-order valence-corrected chi connectivity index (χ1v) is 4.91. The van der Waals surface area contributed by atoms with Crippen molar-refractivity contribution in [2.75, 3.05) is 13.1 Å². The zero-order chi connectivity index (χ0) is 10.8. The summed E-state index contributed by atoms with van der Waals surface area (Å²) < 4.78 is 0. The molecule has 0 saturated carbocycles. The Morgan fingerprint density at radius 2 is 2.00 bits per heavy atom. The van der Waals surface area contributed by atoms with Gasteiger partial charge in [0.2, 0.25) is 0 Å². The molecule has 3 amide bonds. The Morgan fingerprint density at radius 3 is 2.53 bits per heavy atom. The standard InChI is InChI=1S/C10H9ClN2O2/c11-8-3-1-7(2-4-8)9(14)13-6-5-12-10(13)15/h1-4H,5-6H2,(H,12,15). The summed E-state index contributed by atoms with van der Waals surface area (Å²) in [6.45, 7) is 0.929. The highest BCUT2D eigenvalue weighted by molar-refractivity contribution is 6.30. The van der Waals surface area contributed by atoms with Gasteiger partial charge in [-0.15, -0.1) is 0 Å². The molecule has 1 saturated heterocycles. The minimum absolute atomic E-state index is 0.290. The van der Waals surface area contributed by atoms with E-state index in [-0.39, 0.29) is 11.9 Å². The molecule has 15 heavy (non-hydrogen) atoms. The number of nitrogens with zero attached hydrogens (tertiary/aromatic N) is 1. The number of halogens is 1. The second kappa shape index (κ2) is 3.90. The average molecular weight is 225 g/mol. The van der Waals surface area contributed by atoms with E-state index in [2.05, 4.69) is 5.32 Å². The highest BCUT2D eigenvalue weighted by atomic mass is 35.5. The predicted octanol–water partition coefficient (Wildman–Crippen LogP) is 1.51. The Kier molecular flexibility index (Phi) is 2.60. The fraction of sp³-hybridized carbons (Fsp3) is 0.200. The van der Waals surface area contributed by atoms with E-state index in [1.54, 1.807) is 24.3 Å². The molecular formula is C10H9ClN2O2. The topological polar surface area (TPSA) is 49.4 Å². The lowest BCUT2D eigenvalue weighted by Gasteiger charge is -2.11. The van der Waals surface area contributed by atoms with Crippen LogP contribution in [0.5, 0.6) is 0 Å². The Balaban J connectivity index is 2.20. The van der Waals surface area contributed by atoms with E-state index in [9.17, 15) is 9.59 Å². The quantitative estimate of drug-likeness (QED) is 0.786. The van der Waals surface area contributed by atoms with Gasteiger partial charge in [-0.25, -0.2) is 4.79 Å². The number of nitrogens with one attached hydrogen (secondary N) is 1. The molecule has 5 heteroatoms. The van der Waals surface area contributed by atoms with Gasteiger partial charge in [0, 0.05) is 23.7 Å². The summed E-state index contributed by atoms with van der Waals surface area (Å²) in [5.74, 6) is -0.290. The number of rotatable bonds is 1. The maximum Gasteiger partial charge on any atom is 0.324 e. The number of imide groups is 1. The largest absolute Gasteiger partial charge is 0.336 e. The van der Waals surface area contributed by atoms with Crippen molar-refractivity contribution in [1.29, 1.82) is 0 Å². The van der Waals surface area contributed by atoms with E-state index in [1.165, 1.54) is 4.90 Å². The number of hydrogen-bond donors (Lipinski definition) is 1. The molecule has 1 aromatic carbocycles. The van der Waals surface area contributed by atoms with E-state index in [0.717, 1.165) is 0 Å². The smallest absolute Gasteiger partial charge is 0.324 e. The molecule has 1 aliphatic rings. The molecule has 0 aromatic heterocycles. The maximum absolute atomic E-state index is 11.8. The van der Waals surface area contributed by atoms with Crippen molar-refractivity contribution in [1.82, 2.24) is 10.2 Å². The number of hydrogen-bond acceptors (Lipinski definition) is 2. The molecule has 0 radical (unpaired) electrons. The van der Waals surface area contributed by atoms with Crippen LogP contribution in [0.3, 0.4) is 0 Å². The third-order valence-corrected chi connectivity index (χ3v) is 2.45. The lowest BCUT2D eigenvalue weighted by molar-refractivity contribution is 0.0829. The van der Waals surface area contributed by atoms with E-state index >= 15 is 0 Å². The maximum atomic E-state index is 11.8. The molecule has 78 valence electrons. The molecule has 1 N–H and O–H groups in total. The Bertz CT molecular complexity index is 402. The van der Waals surface area contributed by atoms with Gasteiger partial charge in [0.1, 0.15) is 0 Å². The zero-order valence-corrected chi connectivity index (χ0v) is 8.62. The zero-order valence-electron chi connectivity index (χ0n) is 7.87. The first-order valence-electron chi connectivity index (χ1n) is 4.54. The van der Waals surface area contributed by atoms with Gasteiger partial charge in [0.05, 0.1) is 0 Å². The first kappa shape index (κ1) is 9.98. The lowest BCUT2D eigenvalue weighted by atomic mass is 10.2. The number of urea groups is 1. The summed E-state index contributed by atoms with van der Waals surface area (Å²) in [7, 11) is 0. The van der Waals surface area contributed by atoms with Gasteiger partial charge in [-0.2, -0.15) is 0 Å². The summed E-state index contributed by atoms with van der Waals surface area (Å²) >= 11 is 5.70. The van der Waals surface area contributed by atoms with Crippen LogP contribution in [0.1, 0.15) is 10.4 Å². The third-order valence-electron chi connectivity index (χ3n) is 2.19. The van der Waals surface area contributed by atoms with Gasteiger partial charge < -0.3 is 5.32 Å². The SMILES string of the molecule is O=C1NCCN1C(=O)c1ccc(Cl)cc1. The van der Waals surface area contributed by atoms with Crippen LogP contribution >= 0.6 is 11.6 Å². The van der Waals surface area contributed by atoms with Gasteiger partial charge in [-0.05, 0) is 24.3 Å². The first-order chi connectivity index (χ1) is 7.18. The van der Waals surface area contributed by atoms with E-state index in [4.69, 9.17) is 11.6 Å². The highest BCUT2D eigenvalue weighted by Gasteiger charge is 2.26. The van der Waals surface area contributed by atoms with Crippen LogP contribution in [-0.2, 0) is 0 Å². The monoisotopic (exact) mass is 224 g/mol. The predicted molar refractivity (Wildman–Crippen MR) is 55.9 cm³/mol. The van der Waals surface area contributed by atoms with Crippen LogP contribution in [0, 0.1) is 0 Å². The Labute approximate surface area is 91.8 Å². The fourth-order valence-corrected chi connectivity index (χ4v) is 1.54. The highest BCUT2D eigenvalue weighted by Crippen LogP contribution is 2.12. The fourth-order valence-electron chi connectivity index (χ4n) is 1.41. The van der Waals surface area contributed by atoms with Crippen molar-refractivity contribution in [3.8, 4) is 0 Å². The summed E-state index contributed by atoms with van der Waals surface area (Å²) in [6, 6.07) is 6.13. The van der Waals surface area contributed by atoms with E-state index < -0.39 is 0 Å². The average Bonchev–Trinajstić information content (AvgIpc) is 2.65. The van der Waals surface area contributed by atoms with Gasteiger partial charge >= 0.3 is 6.03 Å². The molecule has 0 bridgehead atoms. The molecular weight excluding hydrogens is 216 g/mol. The van der Waals surface area contributed by atoms with Crippen LogP contribution in [0.25, 0.3) is 0 Å². The van der Waals surface area contributed by atoms with Gasteiger partial charge in [-0.1, -0.05) is 11.6 Å². The Morgan fingerprint density at radius 1 is 1.33 bits per heavy atom. The molecule has 0 unspecified atom stereocenters. The lowest BCUT2D eigenvalue weighted by Crippen LogP contribution is -2.34. The summed E-state index contributed by atoms with van der Waals surface area (Å²) in [5.41, 5.74) is 0.469. The van der Waals surface area contributed by atoms with E-state index in [0.29, 0.717) is 23.7 Å². The van der Waals surface area contributed by atoms with Gasteiger partial charge in [0.15, 0.2) is 0 Å².